The Morgan fingerprint density at radius 3 is 2.25 bits per heavy atom. The van der Waals surface area contributed by atoms with E-state index in [9.17, 15) is 9.90 Å². The van der Waals surface area contributed by atoms with Crippen molar-refractivity contribution < 1.29 is 9.90 Å². The Hall–Kier alpha value is -2.69. The van der Waals surface area contributed by atoms with Gasteiger partial charge in [-0.25, -0.2) is 0 Å². The van der Waals surface area contributed by atoms with E-state index in [1.807, 2.05) is 41.8 Å². The summed E-state index contributed by atoms with van der Waals surface area (Å²) in [5.41, 5.74) is 4.70. The van der Waals surface area contributed by atoms with E-state index in [4.69, 9.17) is 0 Å². The molecule has 0 fully saturated rings. The third kappa shape index (κ3) is 4.77. The molecule has 0 spiro atoms. The van der Waals surface area contributed by atoms with Crippen LogP contribution in [-0.2, 0) is 6.42 Å². The molecule has 28 heavy (non-hydrogen) atoms. The molecule has 3 nitrogen and oxygen atoms in total. The fourth-order valence-electron chi connectivity index (χ4n) is 3.10. The van der Waals surface area contributed by atoms with Gasteiger partial charge >= 0.3 is 0 Å². The average molecular weight is 392 g/mol. The molecule has 0 bridgehead atoms. The zero-order valence-corrected chi connectivity index (χ0v) is 16.8. The third-order valence-corrected chi connectivity index (χ3v) is 5.62. The van der Waals surface area contributed by atoms with Crippen LogP contribution >= 0.6 is 11.3 Å². The van der Waals surface area contributed by atoms with Crippen molar-refractivity contribution in [1.82, 2.24) is 5.32 Å². The lowest BCUT2D eigenvalue weighted by Gasteiger charge is -2.19. The molecule has 1 amide bonds. The summed E-state index contributed by atoms with van der Waals surface area (Å²) in [7, 11) is 0. The van der Waals surface area contributed by atoms with Crippen LogP contribution in [0.4, 0.5) is 0 Å². The number of carbonyl (C=O) groups is 1. The lowest BCUT2D eigenvalue weighted by molar-refractivity contribution is 0.0941. The van der Waals surface area contributed by atoms with Crippen LogP contribution in [0.3, 0.4) is 0 Å². The maximum Gasteiger partial charge on any atom is 0.252 e. The molecule has 2 N–H and O–H groups in total. The molecular weight excluding hydrogens is 366 g/mol. The van der Waals surface area contributed by atoms with Crippen LogP contribution in [0, 0.1) is 0 Å². The van der Waals surface area contributed by atoms with Crippen molar-refractivity contribution in [1.29, 1.82) is 0 Å². The van der Waals surface area contributed by atoms with E-state index in [2.05, 4.69) is 43.1 Å². The number of benzene rings is 2. The summed E-state index contributed by atoms with van der Waals surface area (Å²) in [5, 5.41) is 14.4. The number of thiophene rings is 1. The Bertz CT molecular complexity index is 912. The summed E-state index contributed by atoms with van der Waals surface area (Å²) in [5.74, 6) is -0.183. The summed E-state index contributed by atoms with van der Waals surface area (Å²) in [6.45, 7) is 5.90. The molecule has 1 unspecified atom stereocenters. The average Bonchev–Trinajstić information content (AvgIpc) is 3.27. The van der Waals surface area contributed by atoms with Gasteiger partial charge in [-0.1, -0.05) is 62.4 Å². The Balaban J connectivity index is 1.73. The largest absolute Gasteiger partial charge is 0.392 e. The van der Waals surface area contributed by atoms with Crippen LogP contribution in [0.25, 0.3) is 11.1 Å². The first kappa shape index (κ1) is 20.1. The molecule has 144 valence electrons. The van der Waals surface area contributed by atoms with Crippen LogP contribution in [-0.4, -0.2) is 17.6 Å². The van der Waals surface area contributed by atoms with E-state index in [0.717, 1.165) is 28.8 Å². The molecule has 1 atom stereocenters. The van der Waals surface area contributed by atoms with Crippen LogP contribution in [0.1, 0.15) is 40.2 Å². The summed E-state index contributed by atoms with van der Waals surface area (Å²) < 4.78 is 0. The zero-order valence-electron chi connectivity index (χ0n) is 16.0. The first-order chi connectivity index (χ1) is 13.6. The van der Waals surface area contributed by atoms with Gasteiger partial charge in [-0.15, -0.1) is 11.3 Å². The highest BCUT2D eigenvalue weighted by molar-refractivity contribution is 7.10. The van der Waals surface area contributed by atoms with E-state index >= 15 is 0 Å². The van der Waals surface area contributed by atoms with E-state index in [0.29, 0.717) is 11.1 Å². The van der Waals surface area contributed by atoms with Crippen molar-refractivity contribution in [3.63, 3.8) is 0 Å². The molecule has 1 heterocycles. The highest BCUT2D eigenvalue weighted by Gasteiger charge is 2.19. The van der Waals surface area contributed by atoms with E-state index in [1.54, 1.807) is 0 Å². The second-order valence-electron chi connectivity index (χ2n) is 6.76. The second-order valence-corrected chi connectivity index (χ2v) is 7.74. The molecule has 3 aromatic rings. The molecule has 2 aromatic carbocycles. The molecule has 4 heteroatoms. The number of hydrogen-bond acceptors (Lipinski definition) is 3. The highest BCUT2D eigenvalue weighted by atomic mass is 32.1. The summed E-state index contributed by atoms with van der Waals surface area (Å²) in [6, 6.07) is 19.6. The second kappa shape index (κ2) is 9.49. The van der Waals surface area contributed by atoms with Crippen molar-refractivity contribution in [3.05, 3.63) is 94.2 Å². The van der Waals surface area contributed by atoms with Gasteiger partial charge in [0.05, 0.1) is 12.6 Å². The van der Waals surface area contributed by atoms with Gasteiger partial charge in [0.2, 0.25) is 0 Å². The maximum atomic E-state index is 12.7. The van der Waals surface area contributed by atoms with Gasteiger partial charge in [0.25, 0.3) is 5.91 Å². The van der Waals surface area contributed by atoms with E-state index in [1.165, 1.54) is 16.9 Å². The van der Waals surface area contributed by atoms with Crippen LogP contribution in [0.5, 0.6) is 0 Å². The topological polar surface area (TPSA) is 49.3 Å². The fourth-order valence-corrected chi connectivity index (χ4v) is 3.94. The first-order valence-electron chi connectivity index (χ1n) is 9.44. The Morgan fingerprint density at radius 1 is 1.07 bits per heavy atom. The normalized spacial score (nSPS) is 11.8. The molecule has 0 saturated carbocycles. The van der Waals surface area contributed by atoms with Gasteiger partial charge < -0.3 is 10.4 Å². The summed E-state index contributed by atoms with van der Waals surface area (Å²) in [4.78, 5) is 13.7. The first-order valence-corrected chi connectivity index (χ1v) is 10.3. The maximum absolute atomic E-state index is 12.7. The Kier molecular flexibility index (Phi) is 6.80. The Morgan fingerprint density at radius 2 is 1.71 bits per heavy atom. The monoisotopic (exact) mass is 391 g/mol. The van der Waals surface area contributed by atoms with Crippen molar-refractivity contribution >= 4 is 17.2 Å². The molecule has 1 aromatic heterocycles. The van der Waals surface area contributed by atoms with Crippen LogP contribution < -0.4 is 5.32 Å². The SMILES string of the molecule is C=C(CO)C(NC(=O)c1ccc(-c2ccc(CCC)cc2)cc1)c1cccs1. The lowest BCUT2D eigenvalue weighted by atomic mass is 10.0. The predicted molar refractivity (Wildman–Crippen MR) is 117 cm³/mol. The predicted octanol–water partition coefficient (Wildman–Crippen LogP) is 5.39. The molecular formula is C24H25NO2S. The number of aryl methyl sites for hydroxylation is 1. The minimum absolute atomic E-state index is 0.171. The number of amides is 1. The van der Waals surface area contributed by atoms with Crippen molar-refractivity contribution in [3.8, 4) is 11.1 Å². The van der Waals surface area contributed by atoms with Gasteiger partial charge in [-0.2, -0.15) is 0 Å². The van der Waals surface area contributed by atoms with Crippen molar-refractivity contribution in [2.75, 3.05) is 6.61 Å². The lowest BCUT2D eigenvalue weighted by Crippen LogP contribution is -2.29. The van der Waals surface area contributed by atoms with Crippen molar-refractivity contribution in [2.24, 2.45) is 0 Å². The van der Waals surface area contributed by atoms with Crippen LogP contribution in [0.2, 0.25) is 0 Å². The summed E-state index contributed by atoms with van der Waals surface area (Å²) in [6.07, 6.45) is 2.22. The number of aliphatic hydroxyl groups is 1. The third-order valence-electron chi connectivity index (χ3n) is 4.69. The number of carbonyl (C=O) groups excluding carboxylic acids is 1. The number of rotatable bonds is 8. The van der Waals surface area contributed by atoms with Crippen LogP contribution in [0.15, 0.2) is 78.2 Å². The van der Waals surface area contributed by atoms with Gasteiger partial charge in [0.15, 0.2) is 0 Å². The summed E-state index contributed by atoms with van der Waals surface area (Å²) >= 11 is 1.53. The zero-order chi connectivity index (χ0) is 19.9. The van der Waals surface area contributed by atoms with E-state index in [-0.39, 0.29) is 18.6 Å². The Labute approximate surface area is 170 Å². The van der Waals surface area contributed by atoms with Gasteiger partial charge in [0, 0.05) is 10.4 Å². The van der Waals surface area contributed by atoms with Gasteiger partial charge in [-0.3, -0.25) is 4.79 Å². The number of hydrogen-bond donors (Lipinski definition) is 2. The van der Waals surface area contributed by atoms with Crippen molar-refractivity contribution in [2.45, 2.75) is 25.8 Å². The van der Waals surface area contributed by atoms with E-state index < -0.39 is 0 Å². The number of nitrogens with one attached hydrogen (secondary N) is 1. The molecule has 0 aliphatic heterocycles. The van der Waals surface area contributed by atoms with Gasteiger partial charge in [0.1, 0.15) is 0 Å². The minimum atomic E-state index is -0.386. The molecule has 0 saturated heterocycles. The molecule has 0 aliphatic carbocycles. The molecule has 3 rings (SSSR count). The quantitative estimate of drug-likeness (QED) is 0.506. The van der Waals surface area contributed by atoms with Gasteiger partial charge in [-0.05, 0) is 52.3 Å². The smallest absolute Gasteiger partial charge is 0.252 e. The highest BCUT2D eigenvalue weighted by Crippen LogP contribution is 2.26. The number of aliphatic hydroxyl groups excluding tert-OH is 1. The molecule has 0 radical (unpaired) electrons. The molecule has 0 aliphatic rings. The standard InChI is InChI=1S/C24H25NO2S/c1-3-5-18-7-9-19(10-8-18)20-11-13-21(14-12-20)24(27)25-23(17(2)16-26)22-6-4-15-28-22/h4,6-15,23,26H,2-3,5,16H2,1H3,(H,25,27). The fraction of sp³-hybridized carbons (Fsp3) is 0.208. The minimum Gasteiger partial charge on any atom is -0.392 e.